The summed E-state index contributed by atoms with van der Waals surface area (Å²) in [4.78, 5) is 25.8. The van der Waals surface area contributed by atoms with Gasteiger partial charge in [0, 0.05) is 13.1 Å². The van der Waals surface area contributed by atoms with Crippen molar-refractivity contribution in [3.8, 4) is 11.5 Å². The van der Waals surface area contributed by atoms with E-state index in [-0.39, 0.29) is 11.8 Å². The number of carbonyl (C=O) groups is 2. The molecule has 0 bridgehead atoms. The molecule has 130 valence electrons. The fourth-order valence-corrected chi connectivity index (χ4v) is 2.81. The molecule has 2 amide bonds. The third-order valence-corrected chi connectivity index (χ3v) is 4.13. The number of fused-ring (bicyclic) bond motifs is 1. The number of amides is 2. The number of ether oxygens (including phenoxy) is 2. The predicted molar refractivity (Wildman–Crippen MR) is 92.8 cm³/mol. The Hall–Kier alpha value is -2.86. The fourth-order valence-electron chi connectivity index (χ4n) is 2.81. The van der Waals surface area contributed by atoms with Crippen molar-refractivity contribution >= 4 is 11.8 Å². The molecular weight excluding hydrogens is 320 g/mol. The van der Waals surface area contributed by atoms with Gasteiger partial charge in [0.2, 0.25) is 0 Å². The van der Waals surface area contributed by atoms with Crippen LogP contribution in [0.1, 0.15) is 32.7 Å². The average molecular weight is 340 g/mol. The van der Waals surface area contributed by atoms with Crippen LogP contribution in [0, 0.1) is 0 Å². The van der Waals surface area contributed by atoms with Gasteiger partial charge in [0.05, 0.1) is 24.8 Å². The second-order valence-corrected chi connectivity index (χ2v) is 5.70. The largest absolute Gasteiger partial charge is 0.493 e. The van der Waals surface area contributed by atoms with Crippen molar-refractivity contribution in [2.75, 3.05) is 20.3 Å². The molecule has 25 heavy (non-hydrogen) atoms. The number of imide groups is 1. The van der Waals surface area contributed by atoms with Crippen LogP contribution >= 0.6 is 0 Å². The van der Waals surface area contributed by atoms with Gasteiger partial charge in [-0.3, -0.25) is 14.5 Å². The number of hydrogen-bond donors (Lipinski definition) is 1. The van der Waals surface area contributed by atoms with Gasteiger partial charge >= 0.3 is 0 Å². The lowest BCUT2D eigenvalue weighted by Gasteiger charge is -2.15. The van der Waals surface area contributed by atoms with Crippen LogP contribution in [0.15, 0.2) is 42.5 Å². The normalized spacial score (nSPS) is 13.1. The minimum absolute atomic E-state index is 0.245. The van der Waals surface area contributed by atoms with Crippen LogP contribution in [0.2, 0.25) is 0 Å². The zero-order valence-electron chi connectivity index (χ0n) is 14.0. The summed E-state index contributed by atoms with van der Waals surface area (Å²) >= 11 is 0. The summed E-state index contributed by atoms with van der Waals surface area (Å²) in [5.74, 6) is 0.738. The van der Waals surface area contributed by atoms with Crippen molar-refractivity contribution in [1.82, 2.24) is 4.90 Å². The highest BCUT2D eigenvalue weighted by Crippen LogP contribution is 2.28. The fraction of sp³-hybridized carbons (Fsp3) is 0.263. The van der Waals surface area contributed by atoms with Crippen LogP contribution < -0.4 is 15.2 Å². The van der Waals surface area contributed by atoms with Crippen LogP contribution in [-0.2, 0) is 6.54 Å². The van der Waals surface area contributed by atoms with Gasteiger partial charge in [-0.15, -0.1) is 0 Å². The minimum atomic E-state index is -0.245. The first kappa shape index (κ1) is 17.0. The number of nitrogens with two attached hydrogens (primary N) is 1. The standard InChI is InChI=1S/C19H20N2O4/c1-24-17-11-13(12-20)7-8-16(17)25-10-4-9-21-18(22)14-5-2-3-6-15(14)19(21)23/h2-3,5-8,11H,4,9-10,12,20H2,1H3. The quantitative estimate of drug-likeness (QED) is 0.617. The second-order valence-electron chi connectivity index (χ2n) is 5.70. The number of benzene rings is 2. The third-order valence-electron chi connectivity index (χ3n) is 4.13. The summed E-state index contributed by atoms with van der Waals surface area (Å²) in [7, 11) is 1.57. The molecule has 1 heterocycles. The van der Waals surface area contributed by atoms with E-state index in [1.54, 1.807) is 31.4 Å². The van der Waals surface area contributed by atoms with Gasteiger partial charge in [-0.25, -0.2) is 0 Å². The number of hydrogen-bond acceptors (Lipinski definition) is 5. The van der Waals surface area contributed by atoms with Gasteiger partial charge in [0.1, 0.15) is 0 Å². The molecule has 0 saturated carbocycles. The molecule has 2 aromatic rings. The minimum Gasteiger partial charge on any atom is -0.493 e. The molecule has 0 spiro atoms. The van der Waals surface area contributed by atoms with Crippen molar-refractivity contribution < 1.29 is 19.1 Å². The van der Waals surface area contributed by atoms with E-state index in [2.05, 4.69) is 0 Å². The van der Waals surface area contributed by atoms with E-state index in [0.717, 1.165) is 5.56 Å². The van der Waals surface area contributed by atoms with Gasteiger partial charge in [-0.05, 0) is 36.2 Å². The van der Waals surface area contributed by atoms with E-state index in [4.69, 9.17) is 15.2 Å². The van der Waals surface area contributed by atoms with E-state index in [1.165, 1.54) is 4.90 Å². The van der Waals surface area contributed by atoms with E-state index in [1.807, 2.05) is 18.2 Å². The molecule has 0 unspecified atom stereocenters. The molecule has 2 aromatic carbocycles. The lowest BCUT2D eigenvalue weighted by molar-refractivity contribution is 0.0646. The molecule has 1 aliphatic rings. The summed E-state index contributed by atoms with van der Waals surface area (Å²) in [6.07, 6.45) is 0.535. The first-order valence-electron chi connectivity index (χ1n) is 8.10. The average Bonchev–Trinajstić information content (AvgIpc) is 2.90. The van der Waals surface area contributed by atoms with E-state index < -0.39 is 0 Å². The maximum absolute atomic E-state index is 12.3. The molecule has 0 atom stereocenters. The van der Waals surface area contributed by atoms with Gasteiger partial charge in [0.25, 0.3) is 11.8 Å². The topological polar surface area (TPSA) is 81.9 Å². The van der Waals surface area contributed by atoms with Crippen LogP contribution in [0.3, 0.4) is 0 Å². The molecule has 0 fully saturated rings. The Morgan fingerprint density at radius 3 is 2.28 bits per heavy atom. The van der Waals surface area contributed by atoms with E-state index in [9.17, 15) is 9.59 Å². The Morgan fingerprint density at radius 1 is 1.00 bits per heavy atom. The Balaban J connectivity index is 1.56. The van der Waals surface area contributed by atoms with Crippen LogP contribution in [-0.4, -0.2) is 37.0 Å². The van der Waals surface area contributed by atoms with Crippen molar-refractivity contribution in [3.05, 3.63) is 59.2 Å². The first-order valence-corrected chi connectivity index (χ1v) is 8.10. The zero-order chi connectivity index (χ0) is 17.8. The Labute approximate surface area is 146 Å². The maximum Gasteiger partial charge on any atom is 0.261 e. The molecule has 0 aromatic heterocycles. The van der Waals surface area contributed by atoms with Crippen molar-refractivity contribution in [2.45, 2.75) is 13.0 Å². The summed E-state index contributed by atoms with van der Waals surface area (Å²) < 4.78 is 11.0. The zero-order valence-corrected chi connectivity index (χ0v) is 14.0. The summed E-state index contributed by atoms with van der Waals surface area (Å²) in [6, 6.07) is 12.4. The summed E-state index contributed by atoms with van der Waals surface area (Å²) in [6.45, 7) is 1.11. The number of rotatable bonds is 7. The molecule has 0 aliphatic carbocycles. The highest BCUT2D eigenvalue weighted by atomic mass is 16.5. The van der Waals surface area contributed by atoms with Crippen molar-refractivity contribution in [2.24, 2.45) is 5.73 Å². The molecule has 0 saturated heterocycles. The SMILES string of the molecule is COc1cc(CN)ccc1OCCCN1C(=O)c2ccccc2C1=O. The third kappa shape index (κ3) is 3.34. The molecule has 2 N–H and O–H groups in total. The highest BCUT2D eigenvalue weighted by molar-refractivity contribution is 6.21. The lowest BCUT2D eigenvalue weighted by Crippen LogP contribution is -2.31. The Kier molecular flexibility index (Phi) is 5.00. The van der Waals surface area contributed by atoms with Crippen LogP contribution in [0.4, 0.5) is 0 Å². The maximum atomic E-state index is 12.3. The predicted octanol–water partition coefficient (Wildman–Crippen LogP) is 2.22. The Bertz CT molecular complexity index is 769. The Morgan fingerprint density at radius 2 is 1.68 bits per heavy atom. The molecule has 6 nitrogen and oxygen atoms in total. The van der Waals surface area contributed by atoms with Gasteiger partial charge in [-0.1, -0.05) is 18.2 Å². The molecule has 1 aliphatic heterocycles. The van der Waals surface area contributed by atoms with Gasteiger partial charge in [-0.2, -0.15) is 0 Å². The smallest absolute Gasteiger partial charge is 0.261 e. The van der Waals surface area contributed by atoms with Gasteiger partial charge in [0.15, 0.2) is 11.5 Å². The number of methoxy groups -OCH3 is 1. The van der Waals surface area contributed by atoms with E-state index >= 15 is 0 Å². The number of carbonyl (C=O) groups excluding carboxylic acids is 2. The molecule has 6 heteroatoms. The monoisotopic (exact) mass is 340 g/mol. The van der Waals surface area contributed by atoms with Crippen LogP contribution in [0.5, 0.6) is 11.5 Å². The number of nitrogens with zero attached hydrogens (tertiary/aromatic N) is 1. The summed E-state index contributed by atoms with van der Waals surface area (Å²) in [5, 5.41) is 0. The van der Waals surface area contributed by atoms with Crippen molar-refractivity contribution in [1.29, 1.82) is 0 Å². The highest BCUT2D eigenvalue weighted by Gasteiger charge is 2.34. The van der Waals surface area contributed by atoms with Crippen LogP contribution in [0.25, 0.3) is 0 Å². The molecule has 3 rings (SSSR count). The summed E-state index contributed by atoms with van der Waals surface area (Å²) in [5.41, 5.74) is 7.50. The van der Waals surface area contributed by atoms with Crippen molar-refractivity contribution in [3.63, 3.8) is 0 Å². The first-order chi connectivity index (χ1) is 12.2. The lowest BCUT2D eigenvalue weighted by atomic mass is 10.1. The molecular formula is C19H20N2O4. The van der Waals surface area contributed by atoms with Gasteiger partial charge < -0.3 is 15.2 Å². The van der Waals surface area contributed by atoms with E-state index in [0.29, 0.717) is 48.7 Å². The molecule has 0 radical (unpaired) electrons. The second kappa shape index (κ2) is 7.36.